The highest BCUT2D eigenvalue weighted by Crippen LogP contribution is 2.27. The predicted molar refractivity (Wildman–Crippen MR) is 119 cm³/mol. The van der Waals surface area contributed by atoms with Gasteiger partial charge in [0.2, 0.25) is 0 Å². The number of ether oxygens (including phenoxy) is 1. The van der Waals surface area contributed by atoms with Crippen LogP contribution in [-0.4, -0.2) is 45.4 Å². The van der Waals surface area contributed by atoms with E-state index in [1.807, 2.05) is 42.2 Å². The van der Waals surface area contributed by atoms with Gasteiger partial charge in [0.15, 0.2) is 0 Å². The van der Waals surface area contributed by atoms with Gasteiger partial charge in [0.1, 0.15) is 11.6 Å². The Balaban J connectivity index is 1.46. The number of carbonyl (C=O) groups is 1. The summed E-state index contributed by atoms with van der Waals surface area (Å²) in [5.74, 6) is 1.77. The average Bonchev–Trinajstić information content (AvgIpc) is 3.14. The number of hydrogen-bond donors (Lipinski definition) is 0. The number of amides is 1. The van der Waals surface area contributed by atoms with Crippen molar-refractivity contribution in [3.8, 4) is 5.75 Å². The molecule has 0 spiro atoms. The monoisotopic (exact) mass is 420 g/mol. The number of methoxy groups -OCH3 is 1. The standard InChI is InChI=1S/C24H28N4O3/c1-3-27-22(25-28(24(27)30)17-18-7-5-4-6-8-18)19-13-15-26(16-14-19)23(29)20-9-11-21(31-2)12-10-20/h4-12,19H,3,13-17H2,1-2H3. The van der Waals surface area contributed by atoms with E-state index in [0.29, 0.717) is 31.7 Å². The second-order valence-corrected chi connectivity index (χ2v) is 7.82. The Labute approximate surface area is 181 Å². The van der Waals surface area contributed by atoms with E-state index in [9.17, 15) is 9.59 Å². The summed E-state index contributed by atoms with van der Waals surface area (Å²) in [4.78, 5) is 27.6. The van der Waals surface area contributed by atoms with Gasteiger partial charge in [-0.3, -0.25) is 9.36 Å². The minimum absolute atomic E-state index is 0.0311. The van der Waals surface area contributed by atoms with Crippen molar-refractivity contribution < 1.29 is 9.53 Å². The summed E-state index contributed by atoms with van der Waals surface area (Å²) < 4.78 is 8.50. The fourth-order valence-electron chi connectivity index (χ4n) is 4.17. The van der Waals surface area contributed by atoms with Crippen molar-refractivity contribution in [3.63, 3.8) is 0 Å². The third kappa shape index (κ3) is 4.40. The van der Waals surface area contributed by atoms with E-state index in [4.69, 9.17) is 9.84 Å². The second kappa shape index (κ2) is 9.20. The maximum absolute atomic E-state index is 12.9. The van der Waals surface area contributed by atoms with E-state index in [0.717, 1.165) is 30.0 Å². The molecule has 7 nitrogen and oxygen atoms in total. The van der Waals surface area contributed by atoms with Gasteiger partial charge in [-0.2, -0.15) is 5.10 Å². The van der Waals surface area contributed by atoms with Crippen LogP contribution in [0.5, 0.6) is 5.75 Å². The predicted octanol–water partition coefficient (Wildman–Crippen LogP) is 3.14. The van der Waals surface area contributed by atoms with Crippen LogP contribution >= 0.6 is 0 Å². The molecule has 0 aliphatic carbocycles. The molecule has 1 aromatic heterocycles. The molecule has 2 heterocycles. The van der Waals surface area contributed by atoms with Crippen molar-refractivity contribution >= 4 is 5.91 Å². The zero-order chi connectivity index (χ0) is 21.8. The van der Waals surface area contributed by atoms with Crippen molar-refractivity contribution in [1.29, 1.82) is 0 Å². The van der Waals surface area contributed by atoms with Gasteiger partial charge < -0.3 is 9.64 Å². The van der Waals surface area contributed by atoms with E-state index in [-0.39, 0.29) is 17.5 Å². The lowest BCUT2D eigenvalue weighted by atomic mass is 9.95. The van der Waals surface area contributed by atoms with Gasteiger partial charge in [-0.1, -0.05) is 30.3 Å². The molecule has 0 radical (unpaired) electrons. The van der Waals surface area contributed by atoms with Crippen LogP contribution in [0.25, 0.3) is 0 Å². The summed E-state index contributed by atoms with van der Waals surface area (Å²) in [6.07, 6.45) is 1.59. The first-order chi connectivity index (χ1) is 15.1. The van der Waals surface area contributed by atoms with Gasteiger partial charge >= 0.3 is 5.69 Å². The Bertz CT molecular complexity index is 1080. The molecule has 0 unspecified atom stereocenters. The smallest absolute Gasteiger partial charge is 0.346 e. The van der Waals surface area contributed by atoms with E-state index in [1.165, 1.54) is 0 Å². The molecule has 1 fully saturated rings. The molecule has 31 heavy (non-hydrogen) atoms. The third-order valence-electron chi connectivity index (χ3n) is 5.93. The summed E-state index contributed by atoms with van der Waals surface area (Å²) in [7, 11) is 1.61. The zero-order valence-corrected chi connectivity index (χ0v) is 18.0. The maximum Gasteiger partial charge on any atom is 0.346 e. The molecule has 1 saturated heterocycles. The number of aromatic nitrogens is 3. The minimum Gasteiger partial charge on any atom is -0.497 e. The third-order valence-corrected chi connectivity index (χ3v) is 5.93. The number of hydrogen-bond acceptors (Lipinski definition) is 4. The normalized spacial score (nSPS) is 14.6. The van der Waals surface area contributed by atoms with Crippen LogP contribution in [0.4, 0.5) is 0 Å². The Morgan fingerprint density at radius 1 is 1.06 bits per heavy atom. The first kappa shape index (κ1) is 20.9. The number of rotatable bonds is 6. The SMILES string of the molecule is CCn1c(C2CCN(C(=O)c3ccc(OC)cc3)CC2)nn(Cc2ccccc2)c1=O. The fraction of sp³-hybridized carbons (Fsp3) is 0.375. The molecule has 1 aliphatic heterocycles. The van der Waals surface area contributed by atoms with E-state index < -0.39 is 0 Å². The molecule has 2 aromatic carbocycles. The minimum atomic E-state index is -0.0712. The largest absolute Gasteiger partial charge is 0.497 e. The first-order valence-corrected chi connectivity index (χ1v) is 10.8. The highest BCUT2D eigenvalue weighted by Gasteiger charge is 2.28. The zero-order valence-electron chi connectivity index (χ0n) is 18.0. The number of carbonyl (C=O) groups excluding carboxylic acids is 1. The molecule has 0 saturated carbocycles. The van der Waals surface area contributed by atoms with Gasteiger partial charge in [-0.25, -0.2) is 9.48 Å². The van der Waals surface area contributed by atoms with Gasteiger partial charge in [0.25, 0.3) is 5.91 Å². The van der Waals surface area contributed by atoms with Gasteiger partial charge in [-0.15, -0.1) is 0 Å². The lowest BCUT2D eigenvalue weighted by molar-refractivity contribution is 0.0710. The topological polar surface area (TPSA) is 69.4 Å². The van der Waals surface area contributed by atoms with Crippen molar-refractivity contribution in [2.24, 2.45) is 0 Å². The lowest BCUT2D eigenvalue weighted by Crippen LogP contribution is -2.38. The molecule has 0 N–H and O–H groups in total. The van der Waals surface area contributed by atoms with Crippen LogP contribution in [-0.2, 0) is 13.1 Å². The number of likely N-dealkylation sites (tertiary alicyclic amines) is 1. The number of benzene rings is 2. The highest BCUT2D eigenvalue weighted by molar-refractivity contribution is 5.94. The fourth-order valence-corrected chi connectivity index (χ4v) is 4.17. The molecule has 3 aromatic rings. The summed E-state index contributed by atoms with van der Waals surface area (Å²) in [6.45, 7) is 4.34. The van der Waals surface area contributed by atoms with Crippen molar-refractivity contribution in [3.05, 3.63) is 82.0 Å². The summed E-state index contributed by atoms with van der Waals surface area (Å²) in [6, 6.07) is 17.1. The van der Waals surface area contributed by atoms with E-state index in [2.05, 4.69) is 0 Å². The van der Waals surface area contributed by atoms with Crippen molar-refractivity contribution in [2.45, 2.75) is 38.8 Å². The Kier molecular flexibility index (Phi) is 6.21. The molecule has 1 amide bonds. The van der Waals surface area contributed by atoms with Crippen LogP contribution in [0, 0.1) is 0 Å². The summed E-state index contributed by atoms with van der Waals surface area (Å²) >= 11 is 0. The van der Waals surface area contributed by atoms with Gasteiger partial charge in [-0.05, 0) is 49.6 Å². The van der Waals surface area contributed by atoms with Crippen LogP contribution < -0.4 is 10.4 Å². The van der Waals surface area contributed by atoms with E-state index >= 15 is 0 Å². The molecule has 4 rings (SSSR count). The average molecular weight is 421 g/mol. The molecule has 162 valence electrons. The quantitative estimate of drug-likeness (QED) is 0.614. The maximum atomic E-state index is 12.9. The van der Waals surface area contributed by atoms with Crippen LogP contribution in [0.3, 0.4) is 0 Å². The second-order valence-electron chi connectivity index (χ2n) is 7.82. The van der Waals surface area contributed by atoms with Crippen LogP contribution in [0.1, 0.15) is 47.4 Å². The molecule has 7 heteroatoms. The molecular weight excluding hydrogens is 392 g/mol. The number of nitrogens with zero attached hydrogens (tertiary/aromatic N) is 4. The number of piperidine rings is 1. The molecule has 0 bridgehead atoms. The summed E-state index contributed by atoms with van der Waals surface area (Å²) in [5, 5.41) is 4.70. The Morgan fingerprint density at radius 3 is 2.35 bits per heavy atom. The summed E-state index contributed by atoms with van der Waals surface area (Å²) in [5.41, 5.74) is 1.65. The van der Waals surface area contributed by atoms with Gasteiger partial charge in [0, 0.05) is 31.1 Å². The molecule has 1 aliphatic rings. The lowest BCUT2D eigenvalue weighted by Gasteiger charge is -2.31. The molecule has 0 atom stereocenters. The van der Waals surface area contributed by atoms with Crippen LogP contribution in [0.2, 0.25) is 0 Å². The molecular formula is C24H28N4O3. The van der Waals surface area contributed by atoms with Crippen molar-refractivity contribution in [2.75, 3.05) is 20.2 Å². The Hall–Kier alpha value is -3.35. The Morgan fingerprint density at radius 2 is 1.74 bits per heavy atom. The van der Waals surface area contributed by atoms with Gasteiger partial charge in [0.05, 0.1) is 13.7 Å². The van der Waals surface area contributed by atoms with Crippen LogP contribution in [0.15, 0.2) is 59.4 Å². The highest BCUT2D eigenvalue weighted by atomic mass is 16.5. The first-order valence-electron chi connectivity index (χ1n) is 10.8. The van der Waals surface area contributed by atoms with Crippen molar-refractivity contribution in [1.82, 2.24) is 19.2 Å². The van der Waals surface area contributed by atoms with E-state index in [1.54, 1.807) is 40.6 Å².